The summed E-state index contributed by atoms with van der Waals surface area (Å²) in [5.74, 6) is 0.269. The molecule has 19 heavy (non-hydrogen) atoms. The van der Waals surface area contributed by atoms with Gasteiger partial charge in [-0.3, -0.25) is 4.79 Å². The van der Waals surface area contributed by atoms with Crippen LogP contribution in [0.2, 0.25) is 0 Å². The molecule has 1 aliphatic heterocycles. The van der Waals surface area contributed by atoms with Crippen LogP contribution in [0.15, 0.2) is 0 Å². The van der Waals surface area contributed by atoms with Gasteiger partial charge < -0.3 is 10.6 Å². The van der Waals surface area contributed by atoms with Crippen LogP contribution in [-0.4, -0.2) is 25.0 Å². The Bertz CT molecular complexity index is 259. The Labute approximate surface area is 118 Å². The molecular weight excluding hydrogens is 236 g/mol. The SMILES string of the molecule is CCCCCCC(C)NC(=O)C1(CC)CCCNC1. The highest BCUT2D eigenvalue weighted by atomic mass is 16.2. The molecule has 0 aromatic heterocycles. The Hall–Kier alpha value is -0.570. The van der Waals surface area contributed by atoms with Gasteiger partial charge in [0.2, 0.25) is 5.91 Å². The zero-order chi connectivity index (χ0) is 14.1. The van der Waals surface area contributed by atoms with Crippen molar-refractivity contribution in [1.29, 1.82) is 0 Å². The Kier molecular flexibility index (Phi) is 7.44. The minimum atomic E-state index is -0.157. The molecule has 1 amide bonds. The van der Waals surface area contributed by atoms with Gasteiger partial charge in [-0.1, -0.05) is 39.5 Å². The van der Waals surface area contributed by atoms with E-state index < -0.39 is 0 Å². The summed E-state index contributed by atoms with van der Waals surface area (Å²) in [5.41, 5.74) is -0.157. The van der Waals surface area contributed by atoms with Crippen LogP contribution in [0.1, 0.15) is 72.1 Å². The van der Waals surface area contributed by atoms with Crippen molar-refractivity contribution in [2.45, 2.75) is 78.2 Å². The minimum absolute atomic E-state index is 0.157. The number of hydrogen-bond donors (Lipinski definition) is 2. The molecule has 0 aromatic carbocycles. The van der Waals surface area contributed by atoms with Gasteiger partial charge in [0.1, 0.15) is 0 Å². The van der Waals surface area contributed by atoms with Crippen LogP contribution >= 0.6 is 0 Å². The van der Waals surface area contributed by atoms with Gasteiger partial charge >= 0.3 is 0 Å². The van der Waals surface area contributed by atoms with Crippen LogP contribution in [0.25, 0.3) is 0 Å². The summed E-state index contributed by atoms with van der Waals surface area (Å²) in [5, 5.41) is 6.62. The van der Waals surface area contributed by atoms with Gasteiger partial charge in [-0.15, -0.1) is 0 Å². The Balaban J connectivity index is 2.35. The van der Waals surface area contributed by atoms with Crippen LogP contribution in [-0.2, 0) is 4.79 Å². The van der Waals surface area contributed by atoms with Gasteiger partial charge in [0.05, 0.1) is 5.41 Å². The summed E-state index contributed by atoms with van der Waals surface area (Å²) in [6.07, 6.45) is 9.29. The molecule has 0 bridgehead atoms. The molecule has 1 saturated heterocycles. The summed E-state index contributed by atoms with van der Waals surface area (Å²) < 4.78 is 0. The number of amides is 1. The molecule has 3 heteroatoms. The zero-order valence-electron chi connectivity index (χ0n) is 13.1. The average Bonchev–Trinajstić information content (AvgIpc) is 2.44. The lowest BCUT2D eigenvalue weighted by Crippen LogP contribution is -2.52. The Morgan fingerprint density at radius 1 is 1.32 bits per heavy atom. The summed E-state index contributed by atoms with van der Waals surface area (Å²) in [6.45, 7) is 8.41. The molecule has 1 aliphatic rings. The average molecular weight is 268 g/mol. The normalized spacial score (nSPS) is 25.0. The second-order valence-electron chi connectivity index (χ2n) is 6.14. The first kappa shape index (κ1) is 16.5. The van der Waals surface area contributed by atoms with Crippen molar-refractivity contribution in [1.82, 2.24) is 10.6 Å². The van der Waals surface area contributed by atoms with Crippen LogP contribution in [0, 0.1) is 5.41 Å². The summed E-state index contributed by atoms with van der Waals surface area (Å²) in [6, 6.07) is 0.315. The number of nitrogens with one attached hydrogen (secondary N) is 2. The van der Waals surface area contributed by atoms with Crippen molar-refractivity contribution in [2.75, 3.05) is 13.1 Å². The number of carbonyl (C=O) groups excluding carboxylic acids is 1. The molecule has 0 aromatic rings. The lowest BCUT2D eigenvalue weighted by atomic mass is 9.77. The van der Waals surface area contributed by atoms with Crippen LogP contribution in [0.3, 0.4) is 0 Å². The predicted molar refractivity (Wildman–Crippen MR) is 81.2 cm³/mol. The molecule has 112 valence electrons. The quantitative estimate of drug-likeness (QED) is 0.664. The van der Waals surface area contributed by atoms with Crippen molar-refractivity contribution in [3.63, 3.8) is 0 Å². The summed E-state index contributed by atoms with van der Waals surface area (Å²) in [4.78, 5) is 12.5. The maximum atomic E-state index is 12.5. The van der Waals surface area contributed by atoms with Gasteiger partial charge in [-0.05, 0) is 39.2 Å². The minimum Gasteiger partial charge on any atom is -0.353 e. The third-order valence-electron chi connectivity index (χ3n) is 4.50. The Morgan fingerprint density at radius 3 is 2.68 bits per heavy atom. The topological polar surface area (TPSA) is 41.1 Å². The second-order valence-corrected chi connectivity index (χ2v) is 6.14. The van der Waals surface area contributed by atoms with E-state index in [-0.39, 0.29) is 11.3 Å². The van der Waals surface area contributed by atoms with Crippen molar-refractivity contribution >= 4 is 5.91 Å². The molecular formula is C16H32N2O. The smallest absolute Gasteiger partial charge is 0.227 e. The van der Waals surface area contributed by atoms with E-state index in [1.807, 2.05) is 0 Å². The maximum absolute atomic E-state index is 12.5. The van der Waals surface area contributed by atoms with E-state index in [0.29, 0.717) is 6.04 Å². The van der Waals surface area contributed by atoms with Crippen molar-refractivity contribution in [3.05, 3.63) is 0 Å². The number of rotatable bonds is 8. The first-order valence-electron chi connectivity index (χ1n) is 8.16. The van der Waals surface area contributed by atoms with Crippen LogP contribution < -0.4 is 10.6 Å². The zero-order valence-corrected chi connectivity index (χ0v) is 13.1. The van der Waals surface area contributed by atoms with E-state index in [1.54, 1.807) is 0 Å². The van der Waals surface area contributed by atoms with Gasteiger partial charge in [-0.2, -0.15) is 0 Å². The summed E-state index contributed by atoms with van der Waals surface area (Å²) in [7, 11) is 0. The summed E-state index contributed by atoms with van der Waals surface area (Å²) >= 11 is 0. The molecule has 1 rings (SSSR count). The number of piperidine rings is 1. The molecule has 2 atom stereocenters. The highest BCUT2D eigenvalue weighted by Gasteiger charge is 2.38. The second kappa shape index (κ2) is 8.57. The van der Waals surface area contributed by atoms with E-state index in [1.165, 1.54) is 25.7 Å². The first-order chi connectivity index (χ1) is 9.14. The van der Waals surface area contributed by atoms with Gasteiger partial charge in [0, 0.05) is 12.6 Å². The van der Waals surface area contributed by atoms with Gasteiger partial charge in [-0.25, -0.2) is 0 Å². The van der Waals surface area contributed by atoms with Crippen LogP contribution in [0.4, 0.5) is 0 Å². The lowest BCUT2D eigenvalue weighted by molar-refractivity contribution is -0.133. The molecule has 3 nitrogen and oxygen atoms in total. The van der Waals surface area contributed by atoms with Gasteiger partial charge in [0.25, 0.3) is 0 Å². The fourth-order valence-corrected chi connectivity index (χ4v) is 2.95. The lowest BCUT2D eigenvalue weighted by Gasteiger charge is -2.36. The molecule has 2 unspecified atom stereocenters. The van der Waals surface area contributed by atoms with Crippen molar-refractivity contribution < 1.29 is 4.79 Å². The van der Waals surface area contributed by atoms with E-state index in [2.05, 4.69) is 31.4 Å². The highest BCUT2D eigenvalue weighted by molar-refractivity contribution is 5.83. The first-order valence-corrected chi connectivity index (χ1v) is 8.16. The molecule has 2 N–H and O–H groups in total. The molecule has 1 fully saturated rings. The fourth-order valence-electron chi connectivity index (χ4n) is 2.95. The fraction of sp³-hybridized carbons (Fsp3) is 0.938. The number of unbranched alkanes of at least 4 members (excludes halogenated alkanes) is 3. The van der Waals surface area contributed by atoms with E-state index in [4.69, 9.17) is 0 Å². The molecule has 0 saturated carbocycles. The number of carbonyl (C=O) groups is 1. The van der Waals surface area contributed by atoms with Crippen molar-refractivity contribution in [3.8, 4) is 0 Å². The van der Waals surface area contributed by atoms with Gasteiger partial charge in [0.15, 0.2) is 0 Å². The van der Waals surface area contributed by atoms with E-state index in [9.17, 15) is 4.79 Å². The predicted octanol–water partition coefficient (Wildman–Crippen LogP) is 3.24. The monoisotopic (exact) mass is 268 g/mol. The third-order valence-corrected chi connectivity index (χ3v) is 4.50. The number of hydrogen-bond acceptors (Lipinski definition) is 2. The third kappa shape index (κ3) is 5.13. The molecule has 1 heterocycles. The molecule has 0 spiro atoms. The standard InChI is InChI=1S/C16H32N2O/c1-4-6-7-8-10-14(3)18-15(19)16(5-2)11-9-12-17-13-16/h14,17H,4-13H2,1-3H3,(H,18,19). The van der Waals surface area contributed by atoms with Crippen molar-refractivity contribution in [2.24, 2.45) is 5.41 Å². The Morgan fingerprint density at radius 2 is 2.11 bits per heavy atom. The maximum Gasteiger partial charge on any atom is 0.227 e. The highest BCUT2D eigenvalue weighted by Crippen LogP contribution is 2.30. The largest absolute Gasteiger partial charge is 0.353 e. The van der Waals surface area contributed by atoms with Crippen LogP contribution in [0.5, 0.6) is 0 Å². The van der Waals surface area contributed by atoms with E-state index in [0.717, 1.165) is 38.8 Å². The molecule has 0 aliphatic carbocycles. The molecule has 0 radical (unpaired) electrons. The van der Waals surface area contributed by atoms with E-state index >= 15 is 0 Å².